The first-order valence-electron chi connectivity index (χ1n) is 8.74. The van der Waals surface area contributed by atoms with E-state index in [1.807, 2.05) is 24.4 Å². The van der Waals surface area contributed by atoms with Crippen LogP contribution in [-0.2, 0) is 4.79 Å². The number of hydrogen-bond donors (Lipinski definition) is 2. The number of aryl methyl sites for hydroxylation is 1. The number of fused-ring (bicyclic) bond motifs is 1. The van der Waals surface area contributed by atoms with Gasteiger partial charge in [0.25, 0.3) is 0 Å². The largest absolute Gasteiger partial charge is 0.361 e. The Labute approximate surface area is 160 Å². The fraction of sp³-hybridized carbons (Fsp3) is 0.150. The molecule has 2 N–H and O–H groups in total. The van der Waals surface area contributed by atoms with Gasteiger partial charge >= 0.3 is 0 Å². The molecule has 140 valence electrons. The van der Waals surface area contributed by atoms with Gasteiger partial charge in [0.15, 0.2) is 5.78 Å². The van der Waals surface area contributed by atoms with Gasteiger partial charge in [-0.1, -0.05) is 17.3 Å². The lowest BCUT2D eigenvalue weighted by atomic mass is 10.1. The van der Waals surface area contributed by atoms with Crippen molar-refractivity contribution in [1.82, 2.24) is 20.3 Å². The smallest absolute Gasteiger partial charge is 0.225 e. The zero-order valence-corrected chi connectivity index (χ0v) is 15.1. The first kappa shape index (κ1) is 17.6. The van der Waals surface area contributed by atoms with E-state index in [1.165, 1.54) is 0 Å². The fourth-order valence-corrected chi connectivity index (χ4v) is 2.86. The Morgan fingerprint density at radius 3 is 2.71 bits per heavy atom. The van der Waals surface area contributed by atoms with Crippen LogP contribution in [0.1, 0.15) is 29.1 Å². The summed E-state index contributed by atoms with van der Waals surface area (Å²) in [5.74, 6) is 0.476. The van der Waals surface area contributed by atoms with E-state index in [1.54, 1.807) is 31.5 Å². The van der Waals surface area contributed by atoms with E-state index in [4.69, 9.17) is 4.52 Å². The number of H-pyrrole nitrogens is 1. The quantitative estimate of drug-likeness (QED) is 0.498. The third kappa shape index (κ3) is 3.80. The summed E-state index contributed by atoms with van der Waals surface area (Å²) >= 11 is 0. The number of pyridine rings is 1. The van der Waals surface area contributed by atoms with E-state index in [0.29, 0.717) is 11.6 Å². The van der Waals surface area contributed by atoms with Gasteiger partial charge in [-0.05, 0) is 30.0 Å². The van der Waals surface area contributed by atoms with Crippen molar-refractivity contribution in [3.8, 4) is 11.1 Å². The van der Waals surface area contributed by atoms with E-state index in [9.17, 15) is 9.59 Å². The van der Waals surface area contributed by atoms with E-state index >= 15 is 0 Å². The van der Waals surface area contributed by atoms with Crippen LogP contribution < -0.4 is 5.32 Å². The molecule has 3 aromatic heterocycles. The summed E-state index contributed by atoms with van der Waals surface area (Å²) < 4.78 is 4.88. The van der Waals surface area contributed by atoms with Crippen molar-refractivity contribution in [1.29, 1.82) is 0 Å². The molecule has 8 nitrogen and oxygen atoms in total. The molecular formula is C20H17N5O3. The number of carbonyl (C=O) groups excluding carboxylic acids is 2. The summed E-state index contributed by atoms with van der Waals surface area (Å²) in [6.07, 6.45) is 5.36. The molecule has 0 spiro atoms. The number of benzene rings is 1. The monoisotopic (exact) mass is 375 g/mol. The molecule has 4 aromatic rings. The molecule has 0 bridgehead atoms. The van der Waals surface area contributed by atoms with Gasteiger partial charge in [0.1, 0.15) is 17.3 Å². The summed E-state index contributed by atoms with van der Waals surface area (Å²) in [6, 6.07) is 9.33. The number of nitrogens with one attached hydrogen (secondary N) is 2. The standard InChI is InChI=1S/C20H17N5O3/c1-12-6-17(25-28-12)18(26)4-5-20(27)24-19-8-15-7-13(16-10-22-23-11-16)2-3-14(15)9-21-19/h2-3,6-11H,4-5H2,1H3,(H,22,23)(H,21,24,27). The summed E-state index contributed by atoms with van der Waals surface area (Å²) in [5, 5.41) is 15.1. The number of ketones is 1. The van der Waals surface area contributed by atoms with Crippen LogP contribution in [0.15, 0.2) is 53.4 Å². The summed E-state index contributed by atoms with van der Waals surface area (Å²) in [6.45, 7) is 1.71. The molecule has 3 heterocycles. The number of hydrogen-bond acceptors (Lipinski definition) is 6. The van der Waals surface area contributed by atoms with Gasteiger partial charge in [-0.15, -0.1) is 0 Å². The van der Waals surface area contributed by atoms with Crippen LogP contribution in [0, 0.1) is 6.92 Å². The maximum atomic E-state index is 12.2. The van der Waals surface area contributed by atoms with Crippen LogP contribution in [0.4, 0.5) is 5.82 Å². The highest BCUT2D eigenvalue weighted by Gasteiger charge is 2.13. The van der Waals surface area contributed by atoms with Crippen LogP contribution in [0.5, 0.6) is 0 Å². The number of aromatic amines is 1. The predicted octanol–water partition coefficient (Wildman–Crippen LogP) is 3.52. The van der Waals surface area contributed by atoms with Gasteiger partial charge in [0, 0.05) is 42.3 Å². The maximum Gasteiger partial charge on any atom is 0.225 e. The van der Waals surface area contributed by atoms with Crippen LogP contribution in [0.25, 0.3) is 21.9 Å². The first-order valence-corrected chi connectivity index (χ1v) is 8.74. The Hall–Kier alpha value is -3.81. The van der Waals surface area contributed by atoms with Crippen LogP contribution in [0.2, 0.25) is 0 Å². The number of nitrogens with zero attached hydrogens (tertiary/aromatic N) is 3. The number of aromatic nitrogens is 4. The van der Waals surface area contributed by atoms with Crippen molar-refractivity contribution in [3.63, 3.8) is 0 Å². The Balaban J connectivity index is 1.43. The zero-order valence-electron chi connectivity index (χ0n) is 15.1. The minimum absolute atomic E-state index is 0.0412. The molecule has 0 atom stereocenters. The molecule has 8 heteroatoms. The fourth-order valence-electron chi connectivity index (χ4n) is 2.86. The number of Topliss-reactive ketones (excluding diaryl/α,β-unsaturated/α-hetero) is 1. The zero-order chi connectivity index (χ0) is 19.5. The third-order valence-corrected chi connectivity index (χ3v) is 4.31. The maximum absolute atomic E-state index is 12.2. The van der Waals surface area contributed by atoms with Crippen LogP contribution >= 0.6 is 0 Å². The Morgan fingerprint density at radius 2 is 1.96 bits per heavy atom. The van der Waals surface area contributed by atoms with Crippen molar-refractivity contribution >= 4 is 28.3 Å². The van der Waals surface area contributed by atoms with Gasteiger partial charge < -0.3 is 9.84 Å². The van der Waals surface area contributed by atoms with Gasteiger partial charge in [-0.3, -0.25) is 14.7 Å². The molecule has 0 radical (unpaired) electrons. The first-order chi connectivity index (χ1) is 13.6. The molecule has 0 fully saturated rings. The van der Waals surface area contributed by atoms with Crippen molar-refractivity contribution in [2.75, 3.05) is 5.32 Å². The average molecular weight is 375 g/mol. The van der Waals surface area contributed by atoms with E-state index in [-0.39, 0.29) is 30.2 Å². The molecule has 0 unspecified atom stereocenters. The van der Waals surface area contributed by atoms with Crippen LogP contribution in [-0.4, -0.2) is 32.0 Å². The molecule has 1 amide bonds. The molecular weight excluding hydrogens is 358 g/mol. The SMILES string of the molecule is Cc1cc(C(=O)CCC(=O)Nc2cc3cc(-c4cn[nH]c4)ccc3cn2)no1. The Morgan fingerprint density at radius 1 is 1.07 bits per heavy atom. The van der Waals surface area contributed by atoms with E-state index < -0.39 is 0 Å². The van der Waals surface area contributed by atoms with Crippen molar-refractivity contribution < 1.29 is 14.1 Å². The van der Waals surface area contributed by atoms with Gasteiger partial charge in [0.05, 0.1) is 6.20 Å². The number of amides is 1. The summed E-state index contributed by atoms with van der Waals surface area (Å²) in [5.41, 5.74) is 2.23. The molecule has 28 heavy (non-hydrogen) atoms. The number of rotatable bonds is 6. The third-order valence-electron chi connectivity index (χ3n) is 4.31. The van der Waals surface area contributed by atoms with Crippen molar-refractivity contribution in [2.24, 2.45) is 0 Å². The van der Waals surface area contributed by atoms with E-state index in [2.05, 4.69) is 25.7 Å². The normalized spacial score (nSPS) is 10.9. The Kier molecular flexibility index (Phi) is 4.67. The van der Waals surface area contributed by atoms with Crippen molar-refractivity contribution in [2.45, 2.75) is 19.8 Å². The van der Waals surface area contributed by atoms with Crippen molar-refractivity contribution in [3.05, 3.63) is 60.4 Å². The lowest BCUT2D eigenvalue weighted by Crippen LogP contribution is -2.14. The Bertz CT molecular complexity index is 1150. The second kappa shape index (κ2) is 7.43. The second-order valence-electron chi connectivity index (χ2n) is 6.41. The molecule has 4 rings (SSSR count). The molecule has 1 aromatic carbocycles. The second-order valence-corrected chi connectivity index (χ2v) is 6.41. The molecule has 0 aliphatic carbocycles. The van der Waals surface area contributed by atoms with E-state index in [0.717, 1.165) is 21.9 Å². The molecule has 0 aliphatic heterocycles. The summed E-state index contributed by atoms with van der Waals surface area (Å²) in [4.78, 5) is 28.5. The molecule has 0 aliphatic rings. The van der Waals surface area contributed by atoms with Gasteiger partial charge in [-0.2, -0.15) is 5.10 Å². The average Bonchev–Trinajstić information content (AvgIpc) is 3.37. The van der Waals surface area contributed by atoms with Gasteiger partial charge in [-0.25, -0.2) is 4.98 Å². The number of anilines is 1. The number of carbonyl (C=O) groups is 2. The molecule has 0 saturated carbocycles. The minimum atomic E-state index is -0.286. The van der Waals surface area contributed by atoms with Crippen LogP contribution in [0.3, 0.4) is 0 Å². The topological polar surface area (TPSA) is 114 Å². The lowest BCUT2D eigenvalue weighted by molar-refractivity contribution is -0.116. The predicted molar refractivity (Wildman–Crippen MR) is 103 cm³/mol. The van der Waals surface area contributed by atoms with Gasteiger partial charge in [0.2, 0.25) is 5.91 Å². The minimum Gasteiger partial charge on any atom is -0.361 e. The highest BCUT2D eigenvalue weighted by atomic mass is 16.5. The molecule has 0 saturated heterocycles. The lowest BCUT2D eigenvalue weighted by Gasteiger charge is -2.06. The highest BCUT2D eigenvalue weighted by Crippen LogP contribution is 2.24. The highest BCUT2D eigenvalue weighted by molar-refractivity contribution is 5.99. The summed E-state index contributed by atoms with van der Waals surface area (Å²) in [7, 11) is 0.